The number of benzene rings is 1. The monoisotopic (exact) mass is 375 g/mol. The normalized spacial score (nSPS) is 16.0. The largest absolute Gasteiger partial charge is 0.484 e. The summed E-state index contributed by atoms with van der Waals surface area (Å²) in [5.41, 5.74) is 0.936. The average molecular weight is 376 g/mol. The van der Waals surface area contributed by atoms with Crippen molar-refractivity contribution in [3.05, 3.63) is 59.4 Å². The molecule has 1 unspecified atom stereocenters. The molecule has 26 heavy (non-hydrogen) atoms. The zero-order chi connectivity index (χ0) is 18.2. The second kappa shape index (κ2) is 9.52. The van der Waals surface area contributed by atoms with E-state index < -0.39 is 0 Å². The Balaban J connectivity index is 1.55. The van der Waals surface area contributed by atoms with Crippen LogP contribution in [0.2, 0.25) is 5.02 Å². The van der Waals surface area contributed by atoms with E-state index in [2.05, 4.69) is 15.2 Å². The minimum Gasteiger partial charge on any atom is -0.484 e. The Hall–Kier alpha value is -2.15. The van der Waals surface area contributed by atoms with Crippen molar-refractivity contribution >= 4 is 17.5 Å². The number of ether oxygens (including phenoxy) is 2. The van der Waals surface area contributed by atoms with Gasteiger partial charge < -0.3 is 14.8 Å². The summed E-state index contributed by atoms with van der Waals surface area (Å²) in [5.74, 6) is 0.390. The van der Waals surface area contributed by atoms with Crippen LogP contribution in [-0.2, 0) is 9.53 Å². The van der Waals surface area contributed by atoms with Gasteiger partial charge in [0, 0.05) is 30.9 Å². The molecule has 6 nitrogen and oxygen atoms in total. The van der Waals surface area contributed by atoms with E-state index in [-0.39, 0.29) is 18.6 Å². The molecule has 0 aliphatic carbocycles. The molecule has 0 spiro atoms. The van der Waals surface area contributed by atoms with E-state index in [1.807, 2.05) is 18.2 Å². The molecule has 2 aromatic rings. The van der Waals surface area contributed by atoms with Crippen molar-refractivity contribution in [2.45, 2.75) is 6.04 Å². The number of rotatable bonds is 7. The van der Waals surface area contributed by atoms with Gasteiger partial charge in [0.25, 0.3) is 5.91 Å². The highest BCUT2D eigenvalue weighted by atomic mass is 35.5. The minimum absolute atomic E-state index is 0.00946. The predicted octanol–water partition coefficient (Wildman–Crippen LogP) is 2.30. The number of aromatic nitrogens is 1. The number of nitrogens with one attached hydrogen (secondary N) is 1. The third-order valence-corrected chi connectivity index (χ3v) is 4.41. The summed E-state index contributed by atoms with van der Waals surface area (Å²) in [7, 11) is 0. The maximum atomic E-state index is 12.2. The highest BCUT2D eigenvalue weighted by Crippen LogP contribution is 2.19. The molecule has 7 heteroatoms. The van der Waals surface area contributed by atoms with Crippen LogP contribution in [0.15, 0.2) is 48.7 Å². The van der Waals surface area contributed by atoms with Crippen LogP contribution in [0, 0.1) is 0 Å². The molecule has 3 rings (SSSR count). The summed E-state index contributed by atoms with van der Waals surface area (Å²) < 4.78 is 10.9. The summed E-state index contributed by atoms with van der Waals surface area (Å²) in [6, 6.07) is 12.8. The third kappa shape index (κ3) is 5.42. The Kier molecular flexibility index (Phi) is 6.82. The van der Waals surface area contributed by atoms with Crippen LogP contribution < -0.4 is 10.1 Å². The van der Waals surface area contributed by atoms with E-state index in [1.165, 1.54) is 0 Å². The lowest BCUT2D eigenvalue weighted by Crippen LogP contribution is -2.44. The summed E-state index contributed by atoms with van der Waals surface area (Å²) in [6.45, 7) is 3.42. The molecular formula is C19H22ClN3O3. The Morgan fingerprint density at radius 2 is 2.12 bits per heavy atom. The quantitative estimate of drug-likeness (QED) is 0.804. The highest BCUT2D eigenvalue weighted by molar-refractivity contribution is 6.30. The van der Waals surface area contributed by atoms with E-state index in [0.717, 1.165) is 18.8 Å². The standard InChI is InChI=1S/C19H22ClN3O3/c20-15-4-3-5-16(12-15)26-14-19(24)22-13-18(17-6-1-2-7-21-17)23-8-10-25-11-9-23/h1-7,12,18H,8-11,13-14H2,(H,22,24). The fraction of sp³-hybridized carbons (Fsp3) is 0.368. The number of carbonyl (C=O) groups excluding carboxylic acids is 1. The lowest BCUT2D eigenvalue weighted by Gasteiger charge is -2.34. The first kappa shape index (κ1) is 18.6. The number of morpholine rings is 1. The molecule has 1 N–H and O–H groups in total. The fourth-order valence-corrected chi connectivity index (χ4v) is 3.03. The summed E-state index contributed by atoms with van der Waals surface area (Å²) >= 11 is 5.91. The molecule has 1 saturated heterocycles. The zero-order valence-electron chi connectivity index (χ0n) is 14.4. The second-order valence-corrected chi connectivity index (χ2v) is 6.41. The SMILES string of the molecule is O=C(COc1cccc(Cl)c1)NCC(c1ccccn1)N1CCOCC1. The number of amides is 1. The first-order valence-electron chi connectivity index (χ1n) is 8.60. The van der Waals surface area contributed by atoms with Crippen LogP contribution in [0.3, 0.4) is 0 Å². The van der Waals surface area contributed by atoms with Gasteiger partial charge >= 0.3 is 0 Å². The van der Waals surface area contributed by atoms with Gasteiger partial charge in [-0.2, -0.15) is 0 Å². The first-order chi connectivity index (χ1) is 12.7. The van der Waals surface area contributed by atoms with Gasteiger partial charge in [-0.05, 0) is 30.3 Å². The second-order valence-electron chi connectivity index (χ2n) is 5.97. The van der Waals surface area contributed by atoms with Gasteiger partial charge in [0.15, 0.2) is 6.61 Å². The zero-order valence-corrected chi connectivity index (χ0v) is 15.2. The smallest absolute Gasteiger partial charge is 0.258 e. The lowest BCUT2D eigenvalue weighted by atomic mass is 10.1. The van der Waals surface area contributed by atoms with Crippen LogP contribution in [0.4, 0.5) is 0 Å². The van der Waals surface area contributed by atoms with Gasteiger partial charge in [-0.3, -0.25) is 14.7 Å². The molecule has 1 fully saturated rings. The van der Waals surface area contributed by atoms with Crippen molar-refractivity contribution < 1.29 is 14.3 Å². The molecule has 0 saturated carbocycles. The molecule has 0 bridgehead atoms. The van der Waals surface area contributed by atoms with E-state index in [0.29, 0.717) is 30.5 Å². The van der Waals surface area contributed by atoms with Crippen LogP contribution in [-0.4, -0.2) is 55.2 Å². The van der Waals surface area contributed by atoms with Gasteiger partial charge in [0.05, 0.1) is 24.9 Å². The topological polar surface area (TPSA) is 63.7 Å². The maximum absolute atomic E-state index is 12.2. The Labute approximate surface area is 158 Å². The number of carbonyl (C=O) groups is 1. The average Bonchev–Trinajstić information content (AvgIpc) is 2.68. The summed E-state index contributed by atoms with van der Waals surface area (Å²) in [4.78, 5) is 18.9. The van der Waals surface area contributed by atoms with Crippen LogP contribution in [0.5, 0.6) is 5.75 Å². The Morgan fingerprint density at radius 1 is 1.27 bits per heavy atom. The van der Waals surface area contributed by atoms with Gasteiger partial charge in [-0.15, -0.1) is 0 Å². The van der Waals surface area contributed by atoms with Gasteiger partial charge in [0.2, 0.25) is 0 Å². The fourth-order valence-electron chi connectivity index (χ4n) is 2.85. The van der Waals surface area contributed by atoms with Gasteiger partial charge in [0.1, 0.15) is 5.75 Å². The van der Waals surface area contributed by atoms with E-state index in [4.69, 9.17) is 21.1 Å². The molecule has 1 amide bonds. The van der Waals surface area contributed by atoms with Crippen molar-refractivity contribution in [3.8, 4) is 5.75 Å². The van der Waals surface area contributed by atoms with Crippen molar-refractivity contribution in [2.75, 3.05) is 39.5 Å². The third-order valence-electron chi connectivity index (χ3n) is 4.17. The van der Waals surface area contributed by atoms with Crippen molar-refractivity contribution in [2.24, 2.45) is 0 Å². The Morgan fingerprint density at radius 3 is 2.85 bits per heavy atom. The van der Waals surface area contributed by atoms with Gasteiger partial charge in [-0.25, -0.2) is 0 Å². The number of hydrogen-bond donors (Lipinski definition) is 1. The van der Waals surface area contributed by atoms with E-state index in [9.17, 15) is 4.79 Å². The predicted molar refractivity (Wildman–Crippen MR) is 99.3 cm³/mol. The molecule has 1 aliphatic heterocycles. The molecule has 1 aromatic heterocycles. The molecule has 1 aliphatic rings. The molecule has 0 radical (unpaired) electrons. The number of pyridine rings is 1. The van der Waals surface area contributed by atoms with E-state index >= 15 is 0 Å². The van der Waals surface area contributed by atoms with E-state index in [1.54, 1.807) is 30.5 Å². The first-order valence-corrected chi connectivity index (χ1v) is 8.98. The maximum Gasteiger partial charge on any atom is 0.258 e. The molecule has 2 heterocycles. The molecule has 1 atom stereocenters. The van der Waals surface area contributed by atoms with Crippen molar-refractivity contribution in [1.29, 1.82) is 0 Å². The van der Waals surface area contributed by atoms with Gasteiger partial charge in [-0.1, -0.05) is 23.7 Å². The van der Waals surface area contributed by atoms with Crippen LogP contribution in [0.1, 0.15) is 11.7 Å². The summed E-state index contributed by atoms with van der Waals surface area (Å²) in [5, 5.41) is 3.52. The molecule has 1 aromatic carbocycles. The van der Waals surface area contributed by atoms with Crippen LogP contribution in [0.25, 0.3) is 0 Å². The Bertz CT molecular complexity index is 708. The minimum atomic E-state index is -0.181. The van der Waals surface area contributed by atoms with Crippen LogP contribution >= 0.6 is 11.6 Å². The lowest BCUT2D eigenvalue weighted by molar-refractivity contribution is -0.123. The number of nitrogens with zero attached hydrogens (tertiary/aromatic N) is 2. The number of halogens is 1. The summed E-state index contributed by atoms with van der Waals surface area (Å²) in [6.07, 6.45) is 1.77. The number of hydrogen-bond acceptors (Lipinski definition) is 5. The van der Waals surface area contributed by atoms with Crippen molar-refractivity contribution in [1.82, 2.24) is 15.2 Å². The molecule has 138 valence electrons. The van der Waals surface area contributed by atoms with Crippen molar-refractivity contribution in [3.63, 3.8) is 0 Å². The molecular weight excluding hydrogens is 354 g/mol. The highest BCUT2D eigenvalue weighted by Gasteiger charge is 2.24.